The van der Waals surface area contributed by atoms with Crippen LogP contribution in [0.2, 0.25) is 5.02 Å². The normalized spacial score (nSPS) is 16.4. The van der Waals surface area contributed by atoms with Gasteiger partial charge in [-0.05, 0) is 42.0 Å². The first-order chi connectivity index (χ1) is 14.7. The van der Waals surface area contributed by atoms with Gasteiger partial charge in [0.15, 0.2) is 5.12 Å². The Bertz CT molecular complexity index is 996. The molecule has 0 bridgehead atoms. The maximum absolute atomic E-state index is 12.6. The first-order valence-corrected chi connectivity index (χ1v) is 10.6. The Kier molecular flexibility index (Phi) is 7.29. The van der Waals surface area contributed by atoms with Gasteiger partial charge in [-0.1, -0.05) is 30.3 Å². The number of ether oxygens (including phenoxy) is 1. The minimum absolute atomic E-state index is 0.0563. The Hall–Kier alpha value is -2.91. The molecule has 1 aliphatic rings. The van der Waals surface area contributed by atoms with Crippen molar-refractivity contribution in [2.24, 2.45) is 5.92 Å². The third kappa shape index (κ3) is 5.83. The number of carbonyl (C=O) groups is 3. The van der Waals surface area contributed by atoms with Gasteiger partial charge in [-0.25, -0.2) is 0 Å². The van der Waals surface area contributed by atoms with Gasteiger partial charge >= 0.3 is 5.97 Å². The van der Waals surface area contributed by atoms with Crippen LogP contribution in [0.15, 0.2) is 53.4 Å². The van der Waals surface area contributed by atoms with Crippen LogP contribution in [0.25, 0.3) is 0 Å². The van der Waals surface area contributed by atoms with Gasteiger partial charge in [-0.3, -0.25) is 24.5 Å². The zero-order valence-electron chi connectivity index (χ0n) is 16.5. The highest BCUT2D eigenvalue weighted by Gasteiger charge is 2.43. The van der Waals surface area contributed by atoms with Crippen molar-refractivity contribution in [3.05, 3.63) is 69.2 Å². The van der Waals surface area contributed by atoms with E-state index in [-0.39, 0.29) is 42.3 Å². The van der Waals surface area contributed by atoms with E-state index in [0.717, 1.165) is 16.7 Å². The van der Waals surface area contributed by atoms with E-state index in [0.29, 0.717) is 10.6 Å². The number of thioether (sulfide) groups is 1. The molecule has 8 nitrogen and oxygen atoms in total. The van der Waals surface area contributed by atoms with Crippen LogP contribution in [0.4, 0.5) is 5.69 Å². The van der Waals surface area contributed by atoms with Gasteiger partial charge in [0.05, 0.1) is 11.0 Å². The highest BCUT2D eigenvalue weighted by Crippen LogP contribution is 2.32. The SMILES string of the molecule is C[C@@H](C(=O)Sc1ccc(Cl)cc1)[C@@H]1CC(=O)N1CC(=O)OCc1ccc([N+](=O)[O-])cc1. The molecule has 1 saturated heterocycles. The van der Waals surface area contributed by atoms with E-state index in [4.69, 9.17) is 16.3 Å². The van der Waals surface area contributed by atoms with Crippen molar-refractivity contribution in [2.45, 2.75) is 30.9 Å². The van der Waals surface area contributed by atoms with Gasteiger partial charge in [0.25, 0.3) is 5.69 Å². The largest absolute Gasteiger partial charge is 0.459 e. The number of halogens is 1. The molecule has 1 heterocycles. The molecule has 0 saturated carbocycles. The summed E-state index contributed by atoms with van der Waals surface area (Å²) in [5.41, 5.74) is 0.535. The summed E-state index contributed by atoms with van der Waals surface area (Å²) in [5.74, 6) is -1.28. The predicted molar refractivity (Wildman–Crippen MR) is 114 cm³/mol. The van der Waals surface area contributed by atoms with Crippen LogP contribution >= 0.6 is 23.4 Å². The Labute approximate surface area is 187 Å². The number of nitro benzene ring substituents is 1. The van der Waals surface area contributed by atoms with Crippen LogP contribution in [0.3, 0.4) is 0 Å². The number of amides is 1. The molecule has 2 aromatic rings. The van der Waals surface area contributed by atoms with E-state index in [1.54, 1.807) is 31.2 Å². The van der Waals surface area contributed by atoms with Gasteiger partial charge in [0.1, 0.15) is 13.2 Å². The second-order valence-corrected chi connectivity index (χ2v) is 8.56. The lowest BCUT2D eigenvalue weighted by Crippen LogP contribution is -2.58. The van der Waals surface area contributed by atoms with Gasteiger partial charge in [-0.15, -0.1) is 0 Å². The van der Waals surface area contributed by atoms with E-state index in [2.05, 4.69) is 0 Å². The topological polar surface area (TPSA) is 107 Å². The number of nitrogens with zero attached hydrogens (tertiary/aromatic N) is 2. The molecule has 0 radical (unpaired) electrons. The fourth-order valence-corrected chi connectivity index (χ4v) is 4.04. The molecule has 0 unspecified atom stereocenters. The number of hydrogen-bond donors (Lipinski definition) is 0. The number of hydrogen-bond acceptors (Lipinski definition) is 7. The van der Waals surface area contributed by atoms with Crippen LogP contribution in [-0.4, -0.2) is 39.4 Å². The van der Waals surface area contributed by atoms with E-state index < -0.39 is 16.8 Å². The molecule has 0 N–H and O–H groups in total. The zero-order valence-corrected chi connectivity index (χ0v) is 18.1. The molecule has 1 amide bonds. The number of non-ortho nitro benzene ring substituents is 1. The van der Waals surface area contributed by atoms with Gasteiger partial charge in [0.2, 0.25) is 5.91 Å². The highest BCUT2D eigenvalue weighted by molar-refractivity contribution is 8.13. The summed E-state index contributed by atoms with van der Waals surface area (Å²) in [7, 11) is 0. The number of benzene rings is 2. The number of rotatable bonds is 8. The molecular formula is C21H19ClN2O6S. The van der Waals surface area contributed by atoms with E-state index in [1.165, 1.54) is 29.2 Å². The second-order valence-electron chi connectivity index (χ2n) is 7.04. The Morgan fingerprint density at radius 1 is 1.23 bits per heavy atom. The second kappa shape index (κ2) is 9.93. The summed E-state index contributed by atoms with van der Waals surface area (Å²) < 4.78 is 5.17. The third-order valence-electron chi connectivity index (χ3n) is 4.93. The average Bonchev–Trinajstić information content (AvgIpc) is 2.75. The molecule has 31 heavy (non-hydrogen) atoms. The number of β-lactam (4-membered cyclic amide) rings is 1. The number of likely N-dealkylation sites (tertiary alicyclic amines) is 1. The molecule has 3 rings (SSSR count). The summed E-state index contributed by atoms with van der Waals surface area (Å²) in [4.78, 5) is 49.0. The summed E-state index contributed by atoms with van der Waals surface area (Å²) >= 11 is 6.92. The van der Waals surface area contributed by atoms with Crippen molar-refractivity contribution in [3.63, 3.8) is 0 Å². The lowest BCUT2D eigenvalue weighted by atomic mass is 9.90. The molecule has 10 heteroatoms. The quantitative estimate of drug-likeness (QED) is 0.193. The van der Waals surface area contributed by atoms with Gasteiger partial charge < -0.3 is 9.64 Å². The zero-order chi connectivity index (χ0) is 22.5. The Morgan fingerprint density at radius 3 is 2.45 bits per heavy atom. The van der Waals surface area contributed by atoms with Crippen LogP contribution in [0.1, 0.15) is 18.9 Å². The molecule has 0 aliphatic carbocycles. The lowest BCUT2D eigenvalue weighted by Gasteiger charge is -2.42. The van der Waals surface area contributed by atoms with E-state index in [9.17, 15) is 24.5 Å². The Balaban J connectivity index is 1.51. The van der Waals surface area contributed by atoms with Crippen LogP contribution in [0, 0.1) is 16.0 Å². The average molecular weight is 463 g/mol. The maximum atomic E-state index is 12.6. The van der Waals surface area contributed by atoms with Crippen LogP contribution in [-0.2, 0) is 25.7 Å². The monoisotopic (exact) mass is 462 g/mol. The summed E-state index contributed by atoms with van der Waals surface area (Å²) in [6, 6.07) is 12.2. The molecule has 1 aliphatic heterocycles. The summed E-state index contributed by atoms with van der Waals surface area (Å²) in [6.45, 7) is 1.42. The lowest BCUT2D eigenvalue weighted by molar-refractivity contribution is -0.384. The minimum Gasteiger partial charge on any atom is -0.459 e. The van der Waals surface area contributed by atoms with Crippen molar-refractivity contribution in [1.29, 1.82) is 0 Å². The minimum atomic E-state index is -0.610. The highest BCUT2D eigenvalue weighted by atomic mass is 35.5. The number of nitro groups is 1. The van der Waals surface area contributed by atoms with Crippen molar-refractivity contribution in [3.8, 4) is 0 Å². The summed E-state index contributed by atoms with van der Waals surface area (Å²) in [5, 5.41) is 11.1. The fourth-order valence-electron chi connectivity index (χ4n) is 3.06. The van der Waals surface area contributed by atoms with Crippen LogP contribution in [0.5, 0.6) is 0 Å². The first-order valence-electron chi connectivity index (χ1n) is 9.40. The molecule has 0 spiro atoms. The standard InChI is InChI=1S/C21H19ClN2O6S/c1-13(21(27)31-17-8-4-15(22)5-9-17)18-10-19(25)23(18)11-20(26)30-12-14-2-6-16(7-3-14)24(28)29/h2-9,13,18H,10-12H2,1H3/t13-,18+/m1/s1. The van der Waals surface area contributed by atoms with Crippen LogP contribution < -0.4 is 0 Å². The first kappa shape index (κ1) is 22.8. The van der Waals surface area contributed by atoms with Crippen molar-refractivity contribution < 1.29 is 24.0 Å². The molecule has 162 valence electrons. The summed E-state index contributed by atoms with van der Waals surface area (Å²) in [6.07, 6.45) is 0.198. The van der Waals surface area contributed by atoms with Crippen molar-refractivity contribution >= 4 is 46.0 Å². The smallest absolute Gasteiger partial charge is 0.325 e. The maximum Gasteiger partial charge on any atom is 0.325 e. The molecule has 0 aromatic heterocycles. The third-order valence-corrected chi connectivity index (χ3v) is 6.26. The Morgan fingerprint density at radius 2 is 1.87 bits per heavy atom. The molecule has 2 aromatic carbocycles. The molecule has 1 fully saturated rings. The van der Waals surface area contributed by atoms with Crippen molar-refractivity contribution in [1.82, 2.24) is 4.90 Å². The number of carbonyl (C=O) groups excluding carboxylic acids is 3. The van der Waals surface area contributed by atoms with Gasteiger partial charge in [0, 0.05) is 34.4 Å². The fraction of sp³-hybridized carbons (Fsp3) is 0.286. The number of esters is 1. The predicted octanol–water partition coefficient (Wildman–Crippen LogP) is 3.85. The molecule has 2 atom stereocenters. The van der Waals surface area contributed by atoms with Gasteiger partial charge in [-0.2, -0.15) is 0 Å². The van der Waals surface area contributed by atoms with E-state index in [1.807, 2.05) is 0 Å². The van der Waals surface area contributed by atoms with Crippen molar-refractivity contribution in [2.75, 3.05) is 6.54 Å². The molecular weight excluding hydrogens is 444 g/mol. The van der Waals surface area contributed by atoms with E-state index >= 15 is 0 Å².